The summed E-state index contributed by atoms with van der Waals surface area (Å²) in [5.74, 6) is 0.583. The average Bonchev–Trinajstić information content (AvgIpc) is 2.68. The first kappa shape index (κ1) is 10.9. The molecule has 2 N–H and O–H groups in total. The fourth-order valence-corrected chi connectivity index (χ4v) is 1.64. The predicted octanol–water partition coefficient (Wildman–Crippen LogP) is 1.54. The molecule has 0 spiro atoms. The van der Waals surface area contributed by atoms with Crippen LogP contribution < -0.4 is 10.5 Å². The summed E-state index contributed by atoms with van der Waals surface area (Å²) in [7, 11) is 1.52. The van der Waals surface area contributed by atoms with Gasteiger partial charge in [0.15, 0.2) is 0 Å². The molecule has 6 heteroatoms. The van der Waals surface area contributed by atoms with Crippen LogP contribution in [-0.4, -0.2) is 23.8 Å². The lowest BCUT2D eigenvalue weighted by Crippen LogP contribution is -2.18. The summed E-state index contributed by atoms with van der Waals surface area (Å²) in [4.78, 5) is 25.0. The largest absolute Gasteiger partial charge is 0.497 e. The first-order valence-corrected chi connectivity index (χ1v) is 4.74. The van der Waals surface area contributed by atoms with Crippen LogP contribution in [0.5, 0.6) is 5.75 Å². The number of rotatable bonds is 2. The Morgan fingerprint density at radius 2 is 2.29 bits per heavy atom. The van der Waals surface area contributed by atoms with Crippen LogP contribution in [0.15, 0.2) is 29.4 Å². The number of nitrogens with two attached hydrogens (primary N) is 1. The van der Waals surface area contributed by atoms with E-state index in [0.29, 0.717) is 22.3 Å². The number of hydrogen-bond acceptors (Lipinski definition) is 4. The van der Waals surface area contributed by atoms with Crippen molar-refractivity contribution in [3.63, 3.8) is 0 Å². The van der Waals surface area contributed by atoms with Crippen LogP contribution in [0.25, 0.3) is 10.9 Å². The van der Waals surface area contributed by atoms with Crippen molar-refractivity contribution in [2.24, 2.45) is 10.7 Å². The zero-order valence-corrected chi connectivity index (χ0v) is 9.01. The Balaban J connectivity index is 2.80. The Labute approximate surface area is 96.3 Å². The van der Waals surface area contributed by atoms with E-state index >= 15 is 0 Å². The van der Waals surface area contributed by atoms with E-state index in [1.165, 1.54) is 24.0 Å². The minimum absolute atomic E-state index is 0.344. The smallest absolute Gasteiger partial charge is 0.323 e. The van der Waals surface area contributed by atoms with Gasteiger partial charge in [-0.3, -0.25) is 4.57 Å². The second kappa shape index (κ2) is 4.11. The van der Waals surface area contributed by atoms with Gasteiger partial charge < -0.3 is 10.5 Å². The highest BCUT2D eigenvalue weighted by Crippen LogP contribution is 2.30. The topological polar surface area (TPSA) is 86.7 Å². The summed E-state index contributed by atoms with van der Waals surface area (Å²) in [6.45, 7) is 0. The molecule has 86 valence electrons. The molecule has 6 nitrogen and oxygen atoms in total. The van der Waals surface area contributed by atoms with E-state index in [1.54, 1.807) is 18.2 Å². The summed E-state index contributed by atoms with van der Waals surface area (Å²) in [6.07, 6.45) is 2.82. The molecule has 1 amide bonds. The molecular weight excluding hydrogens is 222 g/mol. The molecule has 0 aliphatic heterocycles. The molecule has 0 saturated carbocycles. The Hall–Kier alpha value is -2.59. The molecule has 0 bridgehead atoms. The minimum atomic E-state index is -0.657. The maximum absolute atomic E-state index is 11.2. The molecule has 17 heavy (non-hydrogen) atoms. The van der Waals surface area contributed by atoms with Crippen molar-refractivity contribution in [2.75, 3.05) is 7.11 Å². The molecule has 2 aromatic rings. The van der Waals surface area contributed by atoms with Gasteiger partial charge in [0.05, 0.1) is 12.6 Å². The molecule has 0 unspecified atom stereocenters. The number of aromatic nitrogens is 1. The summed E-state index contributed by atoms with van der Waals surface area (Å²) < 4.78 is 6.26. The molecule has 1 aromatic carbocycles. The number of fused-ring (bicyclic) bond motifs is 1. The van der Waals surface area contributed by atoms with Crippen molar-refractivity contribution in [3.05, 3.63) is 24.4 Å². The van der Waals surface area contributed by atoms with Crippen molar-refractivity contribution in [1.82, 2.24) is 4.57 Å². The number of primary amides is 1. The van der Waals surface area contributed by atoms with Crippen molar-refractivity contribution in [2.45, 2.75) is 0 Å². The summed E-state index contributed by atoms with van der Waals surface area (Å²) in [6, 6.07) is 4.39. The number of aliphatic imine (C=N–C) groups is 1. The van der Waals surface area contributed by atoms with Gasteiger partial charge in [-0.05, 0) is 12.1 Å². The second-order valence-electron chi connectivity index (χ2n) is 3.31. The highest BCUT2D eigenvalue weighted by molar-refractivity contribution is 5.99. The number of nitrogens with zero attached hydrogens (tertiary/aromatic N) is 2. The number of ether oxygens (including phenoxy) is 1. The van der Waals surface area contributed by atoms with E-state index in [9.17, 15) is 9.59 Å². The Bertz CT molecular complexity index is 639. The lowest BCUT2D eigenvalue weighted by molar-refractivity contribution is 0.251. The Kier molecular flexibility index (Phi) is 2.64. The van der Waals surface area contributed by atoms with Gasteiger partial charge in [-0.15, -0.1) is 0 Å². The number of carbonyl (C=O) groups is 1. The standard InChI is InChI=1S/C11H9N3O3/c1-17-7-2-3-8-9(13-6-15)5-14(11(12)16)10(8)4-7/h2-5H,1H3,(H2,12,16). The average molecular weight is 231 g/mol. The number of carbonyl (C=O) groups excluding carboxylic acids is 2. The molecule has 2 rings (SSSR count). The number of isocyanates is 1. The molecule has 0 radical (unpaired) electrons. The maximum atomic E-state index is 11.2. The molecule has 0 aliphatic carbocycles. The summed E-state index contributed by atoms with van der Waals surface area (Å²) in [5.41, 5.74) is 6.10. The van der Waals surface area contributed by atoms with Crippen molar-refractivity contribution >= 4 is 28.7 Å². The zero-order valence-electron chi connectivity index (χ0n) is 9.01. The van der Waals surface area contributed by atoms with Gasteiger partial charge in [0.25, 0.3) is 0 Å². The van der Waals surface area contributed by atoms with E-state index in [-0.39, 0.29) is 0 Å². The van der Waals surface area contributed by atoms with Gasteiger partial charge in [0, 0.05) is 17.6 Å². The van der Waals surface area contributed by atoms with E-state index in [4.69, 9.17) is 10.5 Å². The Morgan fingerprint density at radius 3 is 2.88 bits per heavy atom. The molecule has 0 fully saturated rings. The number of amides is 1. The third-order valence-corrected chi connectivity index (χ3v) is 2.40. The number of hydrogen-bond donors (Lipinski definition) is 1. The predicted molar refractivity (Wildman–Crippen MR) is 61.3 cm³/mol. The van der Waals surface area contributed by atoms with Gasteiger partial charge in [0.1, 0.15) is 11.4 Å². The van der Waals surface area contributed by atoms with E-state index in [2.05, 4.69) is 4.99 Å². The number of methoxy groups -OCH3 is 1. The monoisotopic (exact) mass is 231 g/mol. The molecular formula is C11H9N3O3. The quantitative estimate of drug-likeness (QED) is 0.628. The van der Waals surface area contributed by atoms with Crippen LogP contribution in [0.1, 0.15) is 0 Å². The van der Waals surface area contributed by atoms with E-state index in [1.807, 2.05) is 0 Å². The molecule has 0 saturated heterocycles. The van der Waals surface area contributed by atoms with Gasteiger partial charge >= 0.3 is 6.03 Å². The van der Waals surface area contributed by atoms with Gasteiger partial charge in [-0.25, -0.2) is 9.59 Å². The summed E-state index contributed by atoms with van der Waals surface area (Å²) in [5, 5.41) is 0.632. The highest BCUT2D eigenvalue weighted by Gasteiger charge is 2.12. The van der Waals surface area contributed by atoms with Crippen LogP contribution in [0.3, 0.4) is 0 Å². The molecule has 1 heterocycles. The number of benzene rings is 1. The first-order valence-electron chi connectivity index (χ1n) is 4.74. The Morgan fingerprint density at radius 1 is 1.53 bits per heavy atom. The van der Waals surface area contributed by atoms with Crippen LogP contribution >= 0.6 is 0 Å². The van der Waals surface area contributed by atoms with E-state index in [0.717, 1.165) is 0 Å². The second-order valence-corrected chi connectivity index (χ2v) is 3.31. The normalized spacial score (nSPS) is 9.94. The van der Waals surface area contributed by atoms with Crippen LogP contribution in [0, 0.1) is 0 Å². The molecule has 0 atom stereocenters. The van der Waals surface area contributed by atoms with Crippen LogP contribution in [0.4, 0.5) is 10.5 Å². The third kappa shape index (κ3) is 1.77. The van der Waals surface area contributed by atoms with Crippen LogP contribution in [0.2, 0.25) is 0 Å². The highest BCUT2D eigenvalue weighted by atomic mass is 16.5. The summed E-state index contributed by atoms with van der Waals surface area (Å²) >= 11 is 0. The molecule has 0 aliphatic rings. The fourth-order valence-electron chi connectivity index (χ4n) is 1.64. The van der Waals surface area contributed by atoms with Crippen molar-refractivity contribution in [1.29, 1.82) is 0 Å². The van der Waals surface area contributed by atoms with Gasteiger partial charge in [0.2, 0.25) is 6.08 Å². The van der Waals surface area contributed by atoms with Crippen molar-refractivity contribution in [3.8, 4) is 5.75 Å². The zero-order chi connectivity index (χ0) is 12.4. The van der Waals surface area contributed by atoms with Gasteiger partial charge in [-0.2, -0.15) is 4.99 Å². The van der Waals surface area contributed by atoms with E-state index < -0.39 is 6.03 Å². The lowest BCUT2D eigenvalue weighted by Gasteiger charge is -2.01. The van der Waals surface area contributed by atoms with Crippen molar-refractivity contribution < 1.29 is 14.3 Å². The first-order chi connectivity index (χ1) is 8.17. The third-order valence-electron chi connectivity index (χ3n) is 2.40. The SMILES string of the molecule is COc1ccc2c(N=C=O)cn(C(N)=O)c2c1. The van der Waals surface area contributed by atoms with Crippen LogP contribution in [-0.2, 0) is 4.79 Å². The minimum Gasteiger partial charge on any atom is -0.497 e. The van der Waals surface area contributed by atoms with Gasteiger partial charge in [-0.1, -0.05) is 0 Å². The fraction of sp³-hybridized carbons (Fsp3) is 0.0909. The maximum Gasteiger partial charge on any atom is 0.323 e. The molecule has 1 aromatic heterocycles. The lowest BCUT2D eigenvalue weighted by atomic mass is 10.2.